The number of thioether (sulfide) groups is 1. The first-order chi connectivity index (χ1) is 12.3. The van der Waals surface area contributed by atoms with Crippen LogP contribution in [-0.2, 0) is 19.1 Å². The summed E-state index contributed by atoms with van der Waals surface area (Å²) in [7, 11) is 0. The molecule has 0 saturated carbocycles. The van der Waals surface area contributed by atoms with E-state index in [0.717, 1.165) is 21.1 Å². The van der Waals surface area contributed by atoms with Crippen LogP contribution in [0.2, 0.25) is 0 Å². The highest BCUT2D eigenvalue weighted by atomic mass is 79.9. The number of hydrogen-bond donors (Lipinski definition) is 1. The SMILES string of the molecule is CCOC(=O)COc1ccc(Br)cc1/C=C1\SC(=S)N(CC(=O)O)C1=O. The summed E-state index contributed by atoms with van der Waals surface area (Å²) < 4.78 is 11.2. The summed E-state index contributed by atoms with van der Waals surface area (Å²) in [6, 6.07) is 5.09. The zero-order valence-electron chi connectivity index (χ0n) is 13.6. The van der Waals surface area contributed by atoms with Gasteiger partial charge in [0.05, 0.1) is 11.5 Å². The first-order valence-corrected chi connectivity index (χ1v) is 9.38. The fraction of sp³-hybridized carbons (Fsp3) is 0.250. The number of ether oxygens (including phenoxy) is 2. The normalized spacial score (nSPS) is 15.5. The minimum Gasteiger partial charge on any atom is -0.481 e. The van der Waals surface area contributed by atoms with E-state index in [2.05, 4.69) is 15.9 Å². The van der Waals surface area contributed by atoms with Crippen molar-refractivity contribution in [1.29, 1.82) is 0 Å². The van der Waals surface area contributed by atoms with Crippen LogP contribution in [0.25, 0.3) is 6.08 Å². The highest BCUT2D eigenvalue weighted by molar-refractivity contribution is 9.10. The number of rotatable bonds is 7. The average molecular weight is 460 g/mol. The Morgan fingerprint density at radius 3 is 2.81 bits per heavy atom. The van der Waals surface area contributed by atoms with Crippen molar-refractivity contribution in [2.24, 2.45) is 0 Å². The number of carbonyl (C=O) groups excluding carboxylic acids is 2. The number of hydrogen-bond acceptors (Lipinski definition) is 7. The Morgan fingerprint density at radius 1 is 1.42 bits per heavy atom. The lowest BCUT2D eigenvalue weighted by Gasteiger charge is -2.11. The van der Waals surface area contributed by atoms with E-state index < -0.39 is 24.4 Å². The Labute approximate surface area is 167 Å². The van der Waals surface area contributed by atoms with Gasteiger partial charge in [-0.05, 0) is 31.2 Å². The van der Waals surface area contributed by atoms with Crippen LogP contribution in [0.5, 0.6) is 5.75 Å². The molecule has 1 amide bonds. The minimum atomic E-state index is -1.15. The molecule has 0 atom stereocenters. The van der Waals surface area contributed by atoms with Crippen molar-refractivity contribution < 1.29 is 29.0 Å². The quantitative estimate of drug-likeness (QED) is 0.377. The molecule has 0 radical (unpaired) electrons. The number of nitrogens with zero attached hydrogens (tertiary/aromatic N) is 1. The minimum absolute atomic E-state index is 0.174. The second kappa shape index (κ2) is 9.15. The molecule has 0 unspecified atom stereocenters. The average Bonchev–Trinajstić information content (AvgIpc) is 2.81. The van der Waals surface area contributed by atoms with Gasteiger partial charge in [-0.2, -0.15) is 0 Å². The molecule has 0 bridgehead atoms. The molecule has 1 saturated heterocycles. The molecule has 138 valence electrons. The zero-order chi connectivity index (χ0) is 19.3. The summed E-state index contributed by atoms with van der Waals surface area (Å²) in [6.07, 6.45) is 1.55. The molecule has 7 nitrogen and oxygen atoms in total. The molecule has 1 heterocycles. The predicted molar refractivity (Wildman–Crippen MR) is 104 cm³/mol. The number of carbonyl (C=O) groups is 3. The second-order valence-electron chi connectivity index (χ2n) is 4.94. The molecule has 0 aromatic heterocycles. The van der Waals surface area contributed by atoms with E-state index in [0.29, 0.717) is 11.3 Å². The van der Waals surface area contributed by atoms with Crippen molar-refractivity contribution in [2.45, 2.75) is 6.92 Å². The summed E-state index contributed by atoms with van der Waals surface area (Å²) >= 11 is 9.41. The van der Waals surface area contributed by atoms with Gasteiger partial charge in [-0.1, -0.05) is 39.9 Å². The van der Waals surface area contributed by atoms with Gasteiger partial charge in [0.15, 0.2) is 6.61 Å². The van der Waals surface area contributed by atoms with Gasteiger partial charge >= 0.3 is 11.9 Å². The monoisotopic (exact) mass is 459 g/mol. The van der Waals surface area contributed by atoms with Crippen LogP contribution in [-0.4, -0.2) is 51.9 Å². The standard InChI is InChI=1S/C16H14BrNO6S2/c1-2-23-14(21)8-24-11-4-3-10(17)5-9(11)6-12-15(22)18(7-13(19)20)16(25)26-12/h3-6H,2,7-8H2,1H3,(H,19,20)/b12-6-. The summed E-state index contributed by atoms with van der Waals surface area (Å²) in [6.45, 7) is 1.19. The van der Waals surface area contributed by atoms with E-state index in [-0.39, 0.29) is 22.4 Å². The third kappa shape index (κ3) is 5.29. The number of carboxylic acids is 1. The Balaban J connectivity index is 2.25. The van der Waals surface area contributed by atoms with E-state index in [4.69, 9.17) is 26.8 Å². The largest absolute Gasteiger partial charge is 0.481 e. The van der Waals surface area contributed by atoms with E-state index >= 15 is 0 Å². The summed E-state index contributed by atoms with van der Waals surface area (Å²) in [4.78, 5) is 36.0. The van der Waals surface area contributed by atoms with Crippen LogP contribution < -0.4 is 4.74 Å². The maximum absolute atomic E-state index is 12.4. The van der Waals surface area contributed by atoms with Crippen molar-refractivity contribution in [3.05, 3.63) is 33.1 Å². The number of benzene rings is 1. The van der Waals surface area contributed by atoms with Crippen LogP contribution in [0.1, 0.15) is 12.5 Å². The number of esters is 1. The van der Waals surface area contributed by atoms with E-state index in [1.165, 1.54) is 0 Å². The van der Waals surface area contributed by atoms with Crippen molar-refractivity contribution in [3.8, 4) is 5.75 Å². The predicted octanol–water partition coefficient (Wildman–Crippen LogP) is 2.68. The van der Waals surface area contributed by atoms with Gasteiger partial charge in [-0.25, -0.2) is 4.79 Å². The molecule has 2 rings (SSSR count). The van der Waals surface area contributed by atoms with Gasteiger partial charge in [0.2, 0.25) is 0 Å². The molecule has 26 heavy (non-hydrogen) atoms. The molecule has 1 N–H and O–H groups in total. The number of amides is 1. The van der Waals surface area contributed by atoms with Gasteiger partial charge in [0.1, 0.15) is 16.6 Å². The number of thiocarbonyl (C=S) groups is 1. The highest BCUT2D eigenvalue weighted by Gasteiger charge is 2.33. The summed E-state index contributed by atoms with van der Waals surface area (Å²) in [5, 5.41) is 8.88. The van der Waals surface area contributed by atoms with Crippen molar-refractivity contribution >= 4 is 68.2 Å². The van der Waals surface area contributed by atoms with Crippen molar-refractivity contribution in [1.82, 2.24) is 4.90 Å². The Kier molecular flexibility index (Phi) is 7.18. The number of carboxylic acid groups (broad SMARTS) is 1. The van der Waals surface area contributed by atoms with E-state index in [1.807, 2.05) is 0 Å². The molecular weight excluding hydrogens is 446 g/mol. The lowest BCUT2D eigenvalue weighted by Crippen LogP contribution is -2.33. The summed E-state index contributed by atoms with van der Waals surface area (Å²) in [5.74, 6) is -1.76. The zero-order valence-corrected chi connectivity index (χ0v) is 16.8. The van der Waals surface area contributed by atoms with Crippen LogP contribution in [0, 0.1) is 0 Å². The molecule has 0 spiro atoms. The number of halogens is 1. The lowest BCUT2D eigenvalue weighted by molar-refractivity contribution is -0.145. The lowest BCUT2D eigenvalue weighted by atomic mass is 10.2. The molecular formula is C16H14BrNO6S2. The molecule has 1 aromatic rings. The smallest absolute Gasteiger partial charge is 0.344 e. The molecule has 1 fully saturated rings. The summed E-state index contributed by atoms with van der Waals surface area (Å²) in [5.41, 5.74) is 0.541. The fourth-order valence-corrected chi connectivity index (χ4v) is 3.64. The Hall–Kier alpha value is -1.91. The van der Waals surface area contributed by atoms with Gasteiger partial charge in [-0.15, -0.1) is 0 Å². The molecule has 1 aliphatic rings. The molecule has 10 heteroatoms. The van der Waals surface area contributed by atoms with E-state index in [1.54, 1.807) is 31.2 Å². The van der Waals surface area contributed by atoms with Crippen LogP contribution in [0.3, 0.4) is 0 Å². The van der Waals surface area contributed by atoms with Gasteiger partial charge in [0, 0.05) is 10.0 Å². The fourth-order valence-electron chi connectivity index (χ4n) is 2.02. The third-order valence-electron chi connectivity index (χ3n) is 3.08. The van der Waals surface area contributed by atoms with Gasteiger partial charge in [0.25, 0.3) is 5.91 Å². The maximum atomic E-state index is 12.4. The topological polar surface area (TPSA) is 93.1 Å². The van der Waals surface area contributed by atoms with Crippen molar-refractivity contribution in [2.75, 3.05) is 19.8 Å². The van der Waals surface area contributed by atoms with Gasteiger partial charge in [-0.3, -0.25) is 14.5 Å². The first kappa shape index (κ1) is 20.4. The second-order valence-corrected chi connectivity index (χ2v) is 7.53. The Bertz CT molecular complexity index is 795. The molecule has 1 aliphatic heterocycles. The first-order valence-electron chi connectivity index (χ1n) is 7.37. The third-order valence-corrected chi connectivity index (χ3v) is 4.95. The van der Waals surface area contributed by atoms with E-state index in [9.17, 15) is 14.4 Å². The van der Waals surface area contributed by atoms with Crippen LogP contribution in [0.15, 0.2) is 27.6 Å². The van der Waals surface area contributed by atoms with Crippen molar-refractivity contribution in [3.63, 3.8) is 0 Å². The molecule has 0 aliphatic carbocycles. The number of aliphatic carboxylic acids is 1. The van der Waals surface area contributed by atoms with Crippen LogP contribution >= 0.6 is 39.9 Å². The Morgan fingerprint density at radius 2 is 2.15 bits per heavy atom. The van der Waals surface area contributed by atoms with Gasteiger partial charge < -0.3 is 14.6 Å². The van der Waals surface area contributed by atoms with Crippen LogP contribution in [0.4, 0.5) is 0 Å². The highest BCUT2D eigenvalue weighted by Crippen LogP contribution is 2.35. The molecule has 1 aromatic carbocycles. The maximum Gasteiger partial charge on any atom is 0.344 e.